The van der Waals surface area contributed by atoms with Crippen molar-refractivity contribution in [3.8, 4) is 0 Å². The first kappa shape index (κ1) is 10.0. The van der Waals surface area contributed by atoms with E-state index in [-0.39, 0.29) is 0 Å². The first-order valence-electron chi connectivity index (χ1n) is 5.02. The van der Waals surface area contributed by atoms with Gasteiger partial charge in [0.05, 0.1) is 0 Å². The van der Waals surface area contributed by atoms with Gasteiger partial charge in [0.25, 0.3) is 0 Å². The first-order valence-corrected chi connectivity index (χ1v) is 5.02. The number of hydrogen-bond donors (Lipinski definition) is 2. The maximum atomic E-state index is 5.68. The van der Waals surface area contributed by atoms with Crippen LogP contribution in [0.15, 0.2) is 0 Å². The van der Waals surface area contributed by atoms with E-state index in [1.54, 1.807) is 0 Å². The summed E-state index contributed by atoms with van der Waals surface area (Å²) in [6.07, 6.45) is 2.67. The summed E-state index contributed by atoms with van der Waals surface area (Å²) in [6.45, 7) is 8.68. The van der Waals surface area contributed by atoms with Crippen LogP contribution in [0.3, 0.4) is 0 Å². The summed E-state index contributed by atoms with van der Waals surface area (Å²) in [7, 11) is 0. The highest BCUT2D eigenvalue weighted by Gasteiger charge is 2.36. The molecule has 1 rings (SSSR count). The third-order valence-corrected chi connectivity index (χ3v) is 3.04. The van der Waals surface area contributed by atoms with E-state index in [1.807, 2.05) is 0 Å². The highest BCUT2D eigenvalue weighted by molar-refractivity contribution is 4.97. The number of rotatable bonds is 5. The fourth-order valence-corrected chi connectivity index (χ4v) is 1.33. The van der Waals surface area contributed by atoms with Gasteiger partial charge in [-0.05, 0) is 44.7 Å². The molecule has 0 spiro atoms. The molecule has 0 bridgehead atoms. The lowest BCUT2D eigenvalue weighted by Crippen LogP contribution is -2.37. The van der Waals surface area contributed by atoms with Crippen molar-refractivity contribution in [3.63, 3.8) is 0 Å². The summed E-state index contributed by atoms with van der Waals surface area (Å²) in [6, 6.07) is 0. The third kappa shape index (κ3) is 2.76. The van der Waals surface area contributed by atoms with E-state index in [4.69, 9.17) is 5.73 Å². The maximum absolute atomic E-state index is 5.68. The highest BCUT2D eigenvalue weighted by Crippen LogP contribution is 2.34. The van der Waals surface area contributed by atoms with Gasteiger partial charge >= 0.3 is 0 Å². The summed E-state index contributed by atoms with van der Waals surface area (Å²) in [5.74, 6) is 1.34. The van der Waals surface area contributed by atoms with Gasteiger partial charge in [-0.15, -0.1) is 0 Å². The van der Waals surface area contributed by atoms with Gasteiger partial charge in [-0.1, -0.05) is 13.8 Å². The number of nitrogens with two attached hydrogens (primary N) is 1. The summed E-state index contributed by atoms with van der Waals surface area (Å²) < 4.78 is 0. The molecule has 0 saturated heterocycles. The predicted octanol–water partition coefficient (Wildman–Crippen LogP) is 1.36. The molecule has 1 atom stereocenters. The Labute approximate surface area is 75.9 Å². The van der Waals surface area contributed by atoms with E-state index in [0.29, 0.717) is 17.4 Å². The van der Waals surface area contributed by atoms with Crippen LogP contribution in [0.2, 0.25) is 0 Å². The number of hydrogen-bond acceptors (Lipinski definition) is 2. The molecule has 1 unspecified atom stereocenters. The summed E-state index contributed by atoms with van der Waals surface area (Å²) in [5, 5.41) is 3.59. The standard InChI is InChI=1S/C10H22N2/c1-8(2)9(6-11)7-12-10(3)4-5-10/h8-9,12H,4-7,11H2,1-3H3. The van der Waals surface area contributed by atoms with E-state index in [2.05, 4.69) is 26.1 Å². The van der Waals surface area contributed by atoms with Crippen LogP contribution >= 0.6 is 0 Å². The molecule has 0 aromatic rings. The van der Waals surface area contributed by atoms with Gasteiger partial charge in [0.15, 0.2) is 0 Å². The van der Waals surface area contributed by atoms with Crippen LogP contribution in [-0.4, -0.2) is 18.6 Å². The van der Waals surface area contributed by atoms with Crippen LogP contribution in [0, 0.1) is 11.8 Å². The third-order valence-electron chi connectivity index (χ3n) is 3.04. The average molecular weight is 170 g/mol. The Bertz CT molecular complexity index is 139. The lowest BCUT2D eigenvalue weighted by Gasteiger charge is -2.21. The monoisotopic (exact) mass is 170 g/mol. The first-order chi connectivity index (χ1) is 5.57. The van der Waals surface area contributed by atoms with Crippen molar-refractivity contribution in [2.24, 2.45) is 17.6 Å². The fraction of sp³-hybridized carbons (Fsp3) is 1.00. The Morgan fingerprint density at radius 2 is 2.00 bits per heavy atom. The second-order valence-electron chi connectivity index (χ2n) is 4.68. The average Bonchev–Trinajstić information content (AvgIpc) is 2.69. The Balaban J connectivity index is 2.19. The van der Waals surface area contributed by atoms with E-state index in [9.17, 15) is 0 Å². The van der Waals surface area contributed by atoms with Crippen molar-refractivity contribution < 1.29 is 0 Å². The molecule has 72 valence electrons. The molecule has 0 aliphatic heterocycles. The van der Waals surface area contributed by atoms with E-state index < -0.39 is 0 Å². The zero-order valence-electron chi connectivity index (χ0n) is 8.56. The van der Waals surface area contributed by atoms with Gasteiger partial charge in [-0.3, -0.25) is 0 Å². The van der Waals surface area contributed by atoms with Gasteiger partial charge < -0.3 is 11.1 Å². The molecule has 0 radical (unpaired) electrons. The van der Waals surface area contributed by atoms with Crippen LogP contribution in [0.25, 0.3) is 0 Å². The van der Waals surface area contributed by atoms with Gasteiger partial charge in [0.1, 0.15) is 0 Å². The molecule has 3 N–H and O–H groups in total. The predicted molar refractivity (Wildman–Crippen MR) is 53.0 cm³/mol. The van der Waals surface area contributed by atoms with Crippen LogP contribution in [0.1, 0.15) is 33.6 Å². The smallest absolute Gasteiger partial charge is 0.0154 e. The molecule has 1 aliphatic rings. The molecule has 0 aromatic heterocycles. The lowest BCUT2D eigenvalue weighted by molar-refractivity contribution is 0.349. The van der Waals surface area contributed by atoms with E-state index >= 15 is 0 Å². The Morgan fingerprint density at radius 3 is 2.33 bits per heavy atom. The molecular formula is C10H22N2. The minimum absolute atomic E-state index is 0.461. The van der Waals surface area contributed by atoms with Gasteiger partial charge in [-0.25, -0.2) is 0 Å². The molecule has 1 aliphatic carbocycles. The molecule has 1 saturated carbocycles. The molecule has 2 nitrogen and oxygen atoms in total. The second-order valence-corrected chi connectivity index (χ2v) is 4.68. The van der Waals surface area contributed by atoms with Crippen LogP contribution in [0.5, 0.6) is 0 Å². The zero-order chi connectivity index (χ0) is 9.19. The molecule has 1 fully saturated rings. The second kappa shape index (κ2) is 3.75. The lowest BCUT2D eigenvalue weighted by atomic mass is 9.96. The molecule has 0 heterocycles. The van der Waals surface area contributed by atoms with Gasteiger partial charge in [0.2, 0.25) is 0 Å². The van der Waals surface area contributed by atoms with Crippen molar-refractivity contribution in [2.75, 3.05) is 13.1 Å². The SMILES string of the molecule is CC(C)C(CN)CNC1(C)CC1. The Kier molecular flexibility index (Phi) is 3.13. The molecule has 0 amide bonds. The molecule has 2 heteroatoms. The van der Waals surface area contributed by atoms with Crippen molar-refractivity contribution in [2.45, 2.75) is 39.2 Å². The Hall–Kier alpha value is -0.0800. The van der Waals surface area contributed by atoms with Crippen molar-refractivity contribution in [1.82, 2.24) is 5.32 Å². The largest absolute Gasteiger partial charge is 0.330 e. The van der Waals surface area contributed by atoms with Crippen LogP contribution in [0.4, 0.5) is 0 Å². The van der Waals surface area contributed by atoms with Gasteiger partial charge in [-0.2, -0.15) is 0 Å². The normalized spacial score (nSPS) is 22.8. The fourth-order valence-electron chi connectivity index (χ4n) is 1.33. The zero-order valence-corrected chi connectivity index (χ0v) is 8.56. The molecular weight excluding hydrogens is 148 g/mol. The molecule has 12 heavy (non-hydrogen) atoms. The van der Waals surface area contributed by atoms with Crippen LogP contribution in [-0.2, 0) is 0 Å². The summed E-state index contributed by atoms with van der Waals surface area (Å²) in [4.78, 5) is 0. The minimum atomic E-state index is 0.461. The summed E-state index contributed by atoms with van der Waals surface area (Å²) in [5.41, 5.74) is 6.14. The number of nitrogens with one attached hydrogen (secondary N) is 1. The summed E-state index contributed by atoms with van der Waals surface area (Å²) >= 11 is 0. The van der Waals surface area contributed by atoms with Crippen molar-refractivity contribution in [1.29, 1.82) is 0 Å². The topological polar surface area (TPSA) is 38.0 Å². The van der Waals surface area contributed by atoms with Crippen molar-refractivity contribution >= 4 is 0 Å². The highest BCUT2D eigenvalue weighted by atomic mass is 15.0. The molecule has 0 aromatic carbocycles. The minimum Gasteiger partial charge on any atom is -0.330 e. The van der Waals surface area contributed by atoms with Crippen molar-refractivity contribution in [3.05, 3.63) is 0 Å². The van der Waals surface area contributed by atoms with E-state index in [0.717, 1.165) is 13.1 Å². The quantitative estimate of drug-likeness (QED) is 0.654. The maximum Gasteiger partial charge on any atom is 0.0154 e. The van der Waals surface area contributed by atoms with Crippen LogP contribution < -0.4 is 11.1 Å². The Morgan fingerprint density at radius 1 is 1.42 bits per heavy atom. The van der Waals surface area contributed by atoms with Gasteiger partial charge in [0, 0.05) is 5.54 Å². The van der Waals surface area contributed by atoms with E-state index in [1.165, 1.54) is 12.8 Å².